The largest absolute Gasteiger partial charge is 0.496 e. The van der Waals surface area contributed by atoms with Crippen LogP contribution in [0.2, 0.25) is 5.02 Å². The number of amides is 2. The molecule has 9 heteroatoms. The summed E-state index contributed by atoms with van der Waals surface area (Å²) in [6.45, 7) is 0. The zero-order valence-corrected chi connectivity index (χ0v) is 13.2. The van der Waals surface area contributed by atoms with E-state index in [1.165, 1.54) is 49.6 Å². The van der Waals surface area contributed by atoms with Gasteiger partial charge in [-0.3, -0.25) is 30.6 Å². The Balaban J connectivity index is 2.03. The van der Waals surface area contributed by atoms with Crippen LogP contribution in [0.3, 0.4) is 0 Å². The van der Waals surface area contributed by atoms with Crippen molar-refractivity contribution < 1.29 is 19.2 Å². The highest BCUT2D eigenvalue weighted by Crippen LogP contribution is 2.22. The van der Waals surface area contributed by atoms with E-state index in [4.69, 9.17) is 16.3 Å². The van der Waals surface area contributed by atoms with Gasteiger partial charge in [-0.2, -0.15) is 0 Å². The summed E-state index contributed by atoms with van der Waals surface area (Å²) in [4.78, 5) is 34.0. The zero-order chi connectivity index (χ0) is 17.7. The Kier molecular flexibility index (Phi) is 5.33. The van der Waals surface area contributed by atoms with Crippen molar-refractivity contribution in [1.29, 1.82) is 0 Å². The fourth-order valence-corrected chi connectivity index (χ4v) is 2.00. The topological polar surface area (TPSA) is 111 Å². The van der Waals surface area contributed by atoms with Gasteiger partial charge in [0.1, 0.15) is 5.75 Å². The average Bonchev–Trinajstić information content (AvgIpc) is 2.59. The van der Waals surface area contributed by atoms with E-state index in [1.807, 2.05) is 0 Å². The standard InChI is InChI=1S/C15H12ClN3O5/c1-24-13-8-10(16)4-7-12(13)15(21)18-17-14(20)9-2-5-11(6-3-9)19(22)23/h2-8H,1H3,(H,17,20)(H,18,21). The van der Waals surface area contributed by atoms with Crippen LogP contribution in [0.5, 0.6) is 5.75 Å². The number of non-ortho nitro benzene ring substituents is 1. The van der Waals surface area contributed by atoms with Crippen molar-refractivity contribution in [3.8, 4) is 5.75 Å². The van der Waals surface area contributed by atoms with Crippen molar-refractivity contribution in [2.24, 2.45) is 0 Å². The second-order valence-corrected chi connectivity index (χ2v) is 4.99. The number of rotatable bonds is 4. The molecule has 24 heavy (non-hydrogen) atoms. The third-order valence-corrected chi connectivity index (χ3v) is 3.27. The Hall–Kier alpha value is -3.13. The number of benzene rings is 2. The van der Waals surface area contributed by atoms with Gasteiger partial charge in [0, 0.05) is 22.7 Å². The lowest BCUT2D eigenvalue weighted by Crippen LogP contribution is -2.41. The normalized spacial score (nSPS) is 9.92. The molecule has 2 N–H and O–H groups in total. The van der Waals surface area contributed by atoms with Crippen LogP contribution in [0.1, 0.15) is 20.7 Å². The highest BCUT2D eigenvalue weighted by Gasteiger charge is 2.14. The molecular formula is C15H12ClN3O5. The molecule has 2 amide bonds. The lowest BCUT2D eigenvalue weighted by molar-refractivity contribution is -0.384. The molecule has 8 nitrogen and oxygen atoms in total. The minimum absolute atomic E-state index is 0.138. The molecule has 0 bridgehead atoms. The van der Waals surface area contributed by atoms with E-state index in [2.05, 4.69) is 10.9 Å². The number of hydrazine groups is 1. The van der Waals surface area contributed by atoms with Gasteiger partial charge >= 0.3 is 0 Å². The Morgan fingerprint density at radius 1 is 1.08 bits per heavy atom. The first-order valence-corrected chi connectivity index (χ1v) is 6.99. The number of halogens is 1. The monoisotopic (exact) mass is 349 g/mol. The predicted molar refractivity (Wildman–Crippen MR) is 86.0 cm³/mol. The Bertz CT molecular complexity index is 792. The third kappa shape index (κ3) is 3.99. The highest BCUT2D eigenvalue weighted by atomic mass is 35.5. The molecule has 2 rings (SSSR count). The molecule has 2 aromatic carbocycles. The van der Waals surface area contributed by atoms with E-state index in [9.17, 15) is 19.7 Å². The molecule has 0 aliphatic heterocycles. The van der Waals surface area contributed by atoms with Crippen molar-refractivity contribution in [1.82, 2.24) is 10.9 Å². The van der Waals surface area contributed by atoms with Gasteiger partial charge < -0.3 is 4.74 Å². The zero-order valence-electron chi connectivity index (χ0n) is 12.4. The van der Waals surface area contributed by atoms with Crippen LogP contribution in [-0.2, 0) is 0 Å². The molecule has 0 aliphatic rings. The van der Waals surface area contributed by atoms with Gasteiger partial charge in [0.25, 0.3) is 17.5 Å². The summed E-state index contributed by atoms with van der Waals surface area (Å²) in [7, 11) is 1.39. The molecule has 2 aromatic rings. The fourth-order valence-electron chi connectivity index (χ4n) is 1.84. The van der Waals surface area contributed by atoms with Crippen LogP contribution in [0.15, 0.2) is 42.5 Å². The summed E-state index contributed by atoms with van der Waals surface area (Å²) < 4.78 is 5.05. The average molecular weight is 350 g/mol. The number of carbonyl (C=O) groups excluding carboxylic acids is 2. The molecule has 0 radical (unpaired) electrons. The number of hydrogen-bond acceptors (Lipinski definition) is 5. The molecule has 0 saturated carbocycles. The van der Waals surface area contributed by atoms with Crippen molar-refractivity contribution in [3.05, 3.63) is 68.7 Å². The smallest absolute Gasteiger partial charge is 0.273 e. The molecule has 0 heterocycles. The van der Waals surface area contributed by atoms with E-state index < -0.39 is 16.7 Å². The van der Waals surface area contributed by atoms with Gasteiger partial charge in [-0.25, -0.2) is 0 Å². The maximum Gasteiger partial charge on any atom is 0.273 e. The summed E-state index contributed by atoms with van der Waals surface area (Å²) in [6, 6.07) is 9.38. The van der Waals surface area contributed by atoms with Crippen LogP contribution in [-0.4, -0.2) is 23.8 Å². The molecule has 0 unspecified atom stereocenters. The second kappa shape index (κ2) is 7.42. The van der Waals surface area contributed by atoms with Crippen LogP contribution >= 0.6 is 11.6 Å². The van der Waals surface area contributed by atoms with Gasteiger partial charge in [0.05, 0.1) is 17.6 Å². The Morgan fingerprint density at radius 3 is 2.29 bits per heavy atom. The molecule has 124 valence electrons. The van der Waals surface area contributed by atoms with Gasteiger partial charge in [-0.05, 0) is 30.3 Å². The second-order valence-electron chi connectivity index (χ2n) is 4.56. The third-order valence-electron chi connectivity index (χ3n) is 3.04. The minimum atomic E-state index is -0.619. The molecule has 0 aromatic heterocycles. The van der Waals surface area contributed by atoms with E-state index in [0.29, 0.717) is 5.02 Å². The SMILES string of the molecule is COc1cc(Cl)ccc1C(=O)NNC(=O)c1ccc([N+](=O)[O-])cc1. The van der Waals surface area contributed by atoms with E-state index in [-0.39, 0.29) is 22.6 Å². The van der Waals surface area contributed by atoms with Crippen molar-refractivity contribution >= 4 is 29.1 Å². The molecule has 0 spiro atoms. The summed E-state index contributed by atoms with van der Waals surface area (Å²) in [5.74, 6) is -0.963. The van der Waals surface area contributed by atoms with E-state index >= 15 is 0 Å². The number of ether oxygens (including phenoxy) is 1. The number of nitro benzene ring substituents is 1. The lowest BCUT2D eigenvalue weighted by Gasteiger charge is -2.10. The van der Waals surface area contributed by atoms with Crippen LogP contribution < -0.4 is 15.6 Å². The summed E-state index contributed by atoms with van der Waals surface area (Å²) >= 11 is 5.81. The fraction of sp³-hybridized carbons (Fsp3) is 0.0667. The molecular weight excluding hydrogens is 338 g/mol. The first kappa shape index (κ1) is 17.2. The molecule has 0 saturated heterocycles. The number of nitrogens with zero attached hydrogens (tertiary/aromatic N) is 1. The first-order valence-electron chi connectivity index (χ1n) is 6.61. The maximum atomic E-state index is 12.1. The number of carbonyl (C=O) groups is 2. The summed E-state index contributed by atoms with van der Waals surface area (Å²) in [5, 5.41) is 11.0. The Labute approximate surface area is 141 Å². The van der Waals surface area contributed by atoms with Gasteiger partial charge in [0.15, 0.2) is 0 Å². The number of nitro groups is 1. The summed E-state index contributed by atoms with van der Waals surface area (Å²) in [5.41, 5.74) is 4.65. The van der Waals surface area contributed by atoms with Crippen molar-refractivity contribution in [2.75, 3.05) is 7.11 Å². The molecule has 0 fully saturated rings. The van der Waals surface area contributed by atoms with E-state index in [0.717, 1.165) is 0 Å². The number of hydrogen-bond donors (Lipinski definition) is 2. The quantitative estimate of drug-likeness (QED) is 0.650. The Morgan fingerprint density at radius 2 is 1.71 bits per heavy atom. The molecule has 0 atom stereocenters. The van der Waals surface area contributed by atoms with E-state index in [1.54, 1.807) is 0 Å². The van der Waals surface area contributed by atoms with Crippen molar-refractivity contribution in [2.45, 2.75) is 0 Å². The van der Waals surface area contributed by atoms with Gasteiger partial charge in [-0.15, -0.1) is 0 Å². The molecule has 0 aliphatic carbocycles. The van der Waals surface area contributed by atoms with Crippen molar-refractivity contribution in [3.63, 3.8) is 0 Å². The number of methoxy groups -OCH3 is 1. The summed E-state index contributed by atoms with van der Waals surface area (Å²) in [6.07, 6.45) is 0. The van der Waals surface area contributed by atoms with Crippen LogP contribution in [0.4, 0.5) is 5.69 Å². The lowest BCUT2D eigenvalue weighted by atomic mass is 10.2. The van der Waals surface area contributed by atoms with Crippen LogP contribution in [0, 0.1) is 10.1 Å². The van der Waals surface area contributed by atoms with Crippen LogP contribution in [0.25, 0.3) is 0 Å². The highest BCUT2D eigenvalue weighted by molar-refractivity contribution is 6.30. The first-order chi connectivity index (χ1) is 11.4. The van der Waals surface area contributed by atoms with Gasteiger partial charge in [-0.1, -0.05) is 11.6 Å². The maximum absolute atomic E-state index is 12.1. The number of nitrogens with one attached hydrogen (secondary N) is 2. The van der Waals surface area contributed by atoms with Gasteiger partial charge in [0.2, 0.25) is 0 Å². The predicted octanol–water partition coefficient (Wildman–Crippen LogP) is 2.33. The minimum Gasteiger partial charge on any atom is -0.496 e.